The van der Waals surface area contributed by atoms with E-state index < -0.39 is 101 Å². The first-order valence-corrected chi connectivity index (χ1v) is 31.6. The van der Waals surface area contributed by atoms with E-state index in [0.29, 0.717) is 26.2 Å². The van der Waals surface area contributed by atoms with Crippen molar-refractivity contribution >= 4 is 37.0 Å². The van der Waals surface area contributed by atoms with Gasteiger partial charge >= 0.3 is 18.3 Å². The topological polar surface area (TPSA) is 256 Å². The molecule has 4 heterocycles. The van der Waals surface area contributed by atoms with Crippen LogP contribution in [0, 0.1) is 35.5 Å². The molecule has 4 aromatic carbocycles. The number of rotatable bonds is 22. The lowest BCUT2D eigenvalue weighted by atomic mass is 9.82. The summed E-state index contributed by atoms with van der Waals surface area (Å²) in [6.07, 6.45) is -6.59. The summed E-state index contributed by atoms with van der Waals surface area (Å²) in [5.74, 6) is -2.23. The second kappa shape index (κ2) is 33.0. The van der Waals surface area contributed by atoms with Crippen LogP contribution in [0.3, 0.4) is 0 Å². The molecule has 86 heavy (non-hydrogen) atoms. The fourth-order valence-corrected chi connectivity index (χ4v) is 16.9. The number of nitrogens with zero attached hydrogens (tertiary/aromatic N) is 3. The van der Waals surface area contributed by atoms with Crippen molar-refractivity contribution in [2.75, 3.05) is 13.2 Å². The molecular weight excluding hydrogens is 1120 g/mol. The molecule has 468 valence electrons. The third kappa shape index (κ3) is 17.1. The van der Waals surface area contributed by atoms with Gasteiger partial charge in [0.05, 0.1) is 68.6 Å². The minimum atomic E-state index is -2.95. The van der Waals surface area contributed by atoms with Crippen LogP contribution in [0.5, 0.6) is 0 Å². The third-order valence-corrected chi connectivity index (χ3v) is 22.4. The first-order valence-electron chi connectivity index (χ1n) is 29.7. The Morgan fingerprint density at radius 3 is 1.42 bits per heavy atom. The van der Waals surface area contributed by atoms with Crippen molar-refractivity contribution in [1.29, 1.82) is 0 Å². The van der Waals surface area contributed by atoms with Gasteiger partial charge in [-0.25, -0.2) is 4.79 Å². The molecule has 20 nitrogen and oxygen atoms in total. The summed E-state index contributed by atoms with van der Waals surface area (Å²) in [5.41, 5.74) is 12.0. The van der Waals surface area contributed by atoms with Gasteiger partial charge in [0.25, 0.3) is 8.32 Å². The molecule has 4 aliphatic heterocycles. The number of carboxylic acid groups (broad SMARTS) is 1. The molecule has 8 rings (SSSR count). The molecule has 0 saturated carbocycles. The van der Waals surface area contributed by atoms with E-state index in [2.05, 4.69) is 121 Å². The molecule has 8 unspecified atom stereocenters. The van der Waals surface area contributed by atoms with Gasteiger partial charge in [0.15, 0.2) is 25.2 Å². The second-order valence-corrected chi connectivity index (χ2v) is 28.2. The zero-order chi connectivity index (χ0) is 62.7. The Labute approximate surface area is 506 Å². The van der Waals surface area contributed by atoms with Crippen LogP contribution in [0.15, 0.2) is 126 Å². The lowest BCUT2D eigenvalue weighted by Crippen LogP contribution is -2.67. The maximum Gasteiger partial charge on any atom is 0.373 e. The number of carboxylic acids is 1. The largest absolute Gasteiger partial charge is 0.480 e. The zero-order valence-corrected chi connectivity index (χ0v) is 52.5. The minimum Gasteiger partial charge on any atom is -0.480 e. The number of hydrogen-bond donors (Lipinski definition) is 1. The van der Waals surface area contributed by atoms with Gasteiger partial charge in [-0.15, -0.1) is 0 Å². The monoisotopic (exact) mass is 1210 g/mol. The molecule has 0 spiro atoms. The van der Waals surface area contributed by atoms with Crippen molar-refractivity contribution in [3.05, 3.63) is 143 Å². The van der Waals surface area contributed by atoms with E-state index in [1.165, 1.54) is 10.4 Å². The van der Waals surface area contributed by atoms with Crippen LogP contribution in [0.2, 0.25) is 5.04 Å². The molecule has 0 aromatic heterocycles. The SMILES string of the molecule is CCC1O[C@H](O[C@@H]2C(C)O[C@@H](OCC(=O)O)C(C)[C@@H]2OCc2ccccc2)C(C)[C@@H](C)[C@@H]1O[C@@H]1OC(C)[C@@H](O[C@@H]2OC(CO[Si](c3ccccc3)(c3ccccc3)C(C)(C)C)[C@@H](C)[C@H](C)C2N=[N+]=[N-])[C@@H](OCc2ccccc2)C1C.O=C=O.O=C=O. The first kappa shape index (κ1) is 69.3. The predicted octanol–water partition coefficient (Wildman–Crippen LogP) is 9.67. The van der Waals surface area contributed by atoms with Crippen LogP contribution in [-0.4, -0.2) is 131 Å². The maximum atomic E-state index is 11.5. The number of ether oxygens (including phenoxy) is 10. The molecule has 0 radical (unpaired) electrons. The Balaban J connectivity index is 0.00000189. The van der Waals surface area contributed by atoms with Crippen LogP contribution >= 0.6 is 0 Å². The average Bonchev–Trinajstić information content (AvgIpc) is 1.02. The van der Waals surface area contributed by atoms with Crippen LogP contribution in [0.4, 0.5) is 0 Å². The molecule has 0 bridgehead atoms. The lowest BCUT2D eigenvalue weighted by Gasteiger charge is -2.51. The lowest BCUT2D eigenvalue weighted by molar-refractivity contribution is -0.365. The molecule has 0 aliphatic carbocycles. The summed E-state index contributed by atoms with van der Waals surface area (Å²) >= 11 is 0. The van der Waals surface area contributed by atoms with Crippen LogP contribution in [0.25, 0.3) is 10.4 Å². The number of azide groups is 1. The average molecular weight is 1210 g/mol. The summed E-state index contributed by atoms with van der Waals surface area (Å²) in [6.45, 7) is 25.7. The fourth-order valence-electron chi connectivity index (χ4n) is 12.4. The van der Waals surface area contributed by atoms with E-state index in [0.717, 1.165) is 11.1 Å². The highest BCUT2D eigenvalue weighted by Crippen LogP contribution is 2.44. The van der Waals surface area contributed by atoms with Gasteiger partial charge in [-0.1, -0.05) is 196 Å². The summed E-state index contributed by atoms with van der Waals surface area (Å²) in [6, 6.07) is 40.4. The van der Waals surface area contributed by atoms with Crippen molar-refractivity contribution < 1.29 is 80.9 Å². The zero-order valence-electron chi connectivity index (χ0n) is 51.5. The predicted molar refractivity (Wildman–Crippen MR) is 316 cm³/mol. The van der Waals surface area contributed by atoms with Gasteiger partial charge < -0.3 is 56.9 Å². The number of carbonyl (C=O) groups excluding carboxylic acids is 4. The first-order chi connectivity index (χ1) is 41.2. The van der Waals surface area contributed by atoms with E-state index in [1.54, 1.807) is 0 Å². The third-order valence-electron chi connectivity index (χ3n) is 17.4. The Kier molecular flexibility index (Phi) is 26.6. The maximum absolute atomic E-state index is 11.5. The van der Waals surface area contributed by atoms with Gasteiger partial charge in [0, 0.05) is 22.7 Å². The summed E-state index contributed by atoms with van der Waals surface area (Å²) in [4.78, 5) is 47.4. The van der Waals surface area contributed by atoms with Crippen molar-refractivity contribution in [3.8, 4) is 0 Å². The second-order valence-electron chi connectivity index (χ2n) is 23.9. The Morgan fingerprint density at radius 2 is 0.965 bits per heavy atom. The van der Waals surface area contributed by atoms with Crippen molar-refractivity contribution in [2.45, 2.75) is 194 Å². The highest BCUT2D eigenvalue weighted by molar-refractivity contribution is 6.99. The van der Waals surface area contributed by atoms with Gasteiger partial charge in [0.2, 0.25) is 0 Å². The summed E-state index contributed by atoms with van der Waals surface area (Å²) in [5, 5.41) is 15.9. The molecule has 4 fully saturated rings. The van der Waals surface area contributed by atoms with E-state index in [-0.39, 0.29) is 59.0 Å². The Morgan fingerprint density at radius 1 is 0.547 bits per heavy atom. The van der Waals surface area contributed by atoms with E-state index in [4.69, 9.17) is 71.0 Å². The molecule has 1 N–H and O–H groups in total. The van der Waals surface area contributed by atoms with Gasteiger partial charge in [-0.05, 0) is 70.1 Å². The standard InChI is InChI=1S/C63H87N3O13Si.2CO2/c1-13-50-54(40(4)41(5)60(75-50)78-57-44(8)73-59(71-37-52(67)68)42(6)55(57)69-34-46-26-18-14-19-27-46)77-61-43(7)56(70-35-47-28-20-15-21-29-47)58(45(9)74-61)79-62-53(65-66-64)39(3)38(2)51(76-62)36-72-80(63(10,11)12,48-30-22-16-23-31-48)49-32-24-17-25-33-49;2*2-1-3/h14-33,38-45,50-51,53-62H,13,34-37H2,1-12H3,(H,67,68);;/t38-,39-,40+,41?,42?,43?,44?,45?,50?,51?,53?,54-,55-,56-,57+,58+,59+,60+,61-,62-;;/m0../s1. The van der Waals surface area contributed by atoms with Crippen LogP contribution in [-0.2, 0) is 89.0 Å². The van der Waals surface area contributed by atoms with Crippen molar-refractivity contribution in [1.82, 2.24) is 0 Å². The minimum absolute atomic E-state index is 0.0567. The van der Waals surface area contributed by atoms with E-state index in [1.807, 2.05) is 93.6 Å². The highest BCUT2D eigenvalue weighted by Gasteiger charge is 2.55. The van der Waals surface area contributed by atoms with Gasteiger partial charge in [-0.3, -0.25) is 0 Å². The number of benzene rings is 4. The number of hydrogen-bond acceptors (Lipinski definition) is 17. The number of aliphatic carboxylic acids is 1. The summed E-state index contributed by atoms with van der Waals surface area (Å²) < 4.78 is 75.3. The van der Waals surface area contributed by atoms with Gasteiger partial charge in [0.1, 0.15) is 18.8 Å². The van der Waals surface area contributed by atoms with Crippen molar-refractivity contribution in [2.24, 2.45) is 40.6 Å². The molecule has 4 aromatic rings. The normalized spacial score (nSPS) is 32.7. The Bertz CT molecular complexity index is 2730. The van der Waals surface area contributed by atoms with Crippen LogP contribution < -0.4 is 10.4 Å². The molecule has 4 saturated heterocycles. The molecule has 4 aliphatic rings. The van der Waals surface area contributed by atoms with Crippen molar-refractivity contribution in [3.63, 3.8) is 0 Å². The smallest absolute Gasteiger partial charge is 0.373 e. The number of carbonyl (C=O) groups is 1. The quantitative estimate of drug-likeness (QED) is 0.0332. The Hall–Kier alpha value is -5.80. The molecule has 21 heteroatoms. The van der Waals surface area contributed by atoms with Gasteiger partial charge in [-0.2, -0.15) is 19.2 Å². The highest BCUT2D eigenvalue weighted by atomic mass is 28.4. The molecule has 20 atom stereocenters. The van der Waals surface area contributed by atoms with E-state index in [9.17, 15) is 15.4 Å². The molecular formula is C65H87N3O17Si. The summed E-state index contributed by atoms with van der Waals surface area (Å²) in [7, 11) is -2.95. The van der Waals surface area contributed by atoms with E-state index >= 15 is 0 Å². The fraction of sp³-hybridized carbons (Fsp3) is 0.585. The molecule has 0 amide bonds. The van der Waals surface area contributed by atoms with Crippen LogP contribution in [0.1, 0.15) is 101 Å².